The maximum Gasteiger partial charge on any atom is 2.00 e. The zero-order valence-corrected chi connectivity index (χ0v) is 13.6. The van der Waals surface area contributed by atoms with Crippen LogP contribution in [0.2, 0.25) is 0 Å². The van der Waals surface area contributed by atoms with Crippen molar-refractivity contribution < 1.29 is 47.1 Å². The van der Waals surface area contributed by atoms with Gasteiger partial charge in [0.2, 0.25) is 0 Å². The Kier molecular flexibility index (Phi) is 21.6. The third kappa shape index (κ3) is 32.9. The summed E-state index contributed by atoms with van der Waals surface area (Å²) in [7, 11) is 0. The van der Waals surface area contributed by atoms with Crippen molar-refractivity contribution >= 4 is 43.8 Å². The fraction of sp³-hybridized carbons (Fsp3) is 0. The molecular formula is C6H4Br2CdO4. The van der Waals surface area contributed by atoms with Crippen molar-refractivity contribution in [2.45, 2.75) is 0 Å². The second-order valence-electron chi connectivity index (χ2n) is 1.22. The van der Waals surface area contributed by atoms with E-state index >= 15 is 0 Å². The van der Waals surface area contributed by atoms with Crippen LogP contribution >= 0.6 is 31.9 Å². The molecule has 7 heteroatoms. The van der Waals surface area contributed by atoms with Gasteiger partial charge in [0.25, 0.3) is 0 Å². The zero-order chi connectivity index (χ0) is 9.98. The minimum absolute atomic E-state index is 0. The second kappa shape index (κ2) is 14.8. The van der Waals surface area contributed by atoms with E-state index < -0.39 is 11.9 Å². The molecule has 0 aromatic carbocycles. The van der Waals surface area contributed by atoms with Gasteiger partial charge in [0.15, 0.2) is 0 Å². The van der Waals surface area contributed by atoms with Crippen LogP contribution in [-0.2, 0) is 36.9 Å². The Balaban J connectivity index is -0.000000143. The Bertz CT molecular complexity index is 181. The van der Waals surface area contributed by atoms with Gasteiger partial charge in [-0.3, -0.25) is 0 Å². The number of carboxylic acids is 2. The molecule has 0 spiro atoms. The standard InChI is InChI=1S/2C3H3BrO2.Cd/c2*4-2-1-3(5)6;/h2*1-2H,(H,5,6);/q;;+2/p-2/b2*2-1+;. The SMILES string of the molecule is O=C([O-])/C=C/Br.O=C([O-])/C=C/Br.[Cd+2]. The van der Waals surface area contributed by atoms with Gasteiger partial charge in [-0.25, -0.2) is 0 Å². The van der Waals surface area contributed by atoms with E-state index in [1.807, 2.05) is 0 Å². The fourth-order valence-corrected chi connectivity index (χ4v) is 0.535. The van der Waals surface area contributed by atoms with E-state index in [-0.39, 0.29) is 27.3 Å². The van der Waals surface area contributed by atoms with Crippen LogP contribution in [0.3, 0.4) is 0 Å². The second-order valence-corrected chi connectivity index (χ2v) is 2.28. The molecule has 0 radical (unpaired) electrons. The first-order valence-electron chi connectivity index (χ1n) is 2.50. The summed E-state index contributed by atoms with van der Waals surface area (Å²) >= 11 is 5.50. The summed E-state index contributed by atoms with van der Waals surface area (Å²) in [6.45, 7) is 0. The van der Waals surface area contributed by atoms with Crippen molar-refractivity contribution in [2.24, 2.45) is 0 Å². The van der Waals surface area contributed by atoms with Gasteiger partial charge in [-0.05, 0) is 22.1 Å². The fourth-order valence-electron chi connectivity index (χ4n) is 0.103. The molecule has 0 N–H and O–H groups in total. The predicted octanol–water partition coefficient (Wildman–Crippen LogP) is -0.713. The number of aliphatic carboxylic acids is 2. The molecule has 0 aromatic heterocycles. The molecule has 0 rings (SSSR count). The zero-order valence-electron chi connectivity index (χ0n) is 6.41. The molecular weight excluding hydrogens is 408 g/mol. The van der Waals surface area contributed by atoms with Gasteiger partial charge in [0.05, 0.1) is 11.9 Å². The van der Waals surface area contributed by atoms with E-state index in [9.17, 15) is 19.8 Å². The molecule has 0 atom stereocenters. The number of hydrogen-bond donors (Lipinski definition) is 0. The van der Waals surface area contributed by atoms with Crippen LogP contribution in [0.25, 0.3) is 0 Å². The molecule has 0 heterocycles. The maximum absolute atomic E-state index is 9.37. The van der Waals surface area contributed by atoms with Crippen LogP contribution in [0.5, 0.6) is 0 Å². The summed E-state index contributed by atoms with van der Waals surface area (Å²) < 4.78 is 0. The third-order valence-corrected chi connectivity index (χ3v) is 0.927. The Hall–Kier alpha value is 0.302. The number of hydrogen-bond acceptors (Lipinski definition) is 4. The molecule has 0 aliphatic heterocycles. The molecule has 0 aliphatic rings. The quantitative estimate of drug-likeness (QED) is 0.443. The average Bonchev–Trinajstić information content (AvgIpc) is 1.87. The van der Waals surface area contributed by atoms with E-state index in [1.54, 1.807) is 0 Å². The summed E-state index contributed by atoms with van der Waals surface area (Å²) in [5.41, 5.74) is 0. The number of halogens is 2. The number of rotatable bonds is 2. The molecule has 4 nitrogen and oxygen atoms in total. The van der Waals surface area contributed by atoms with Crippen molar-refractivity contribution in [1.82, 2.24) is 0 Å². The Labute approximate surface area is 112 Å². The van der Waals surface area contributed by atoms with Gasteiger partial charge in [0.1, 0.15) is 0 Å². The molecule has 0 aliphatic carbocycles. The topological polar surface area (TPSA) is 80.3 Å². The Morgan fingerprint density at radius 1 is 0.923 bits per heavy atom. The molecule has 0 unspecified atom stereocenters. The summed E-state index contributed by atoms with van der Waals surface area (Å²) in [5.74, 6) is -2.38. The van der Waals surface area contributed by atoms with Crippen molar-refractivity contribution in [1.29, 1.82) is 0 Å². The number of carbonyl (C=O) groups is 2. The summed E-state index contributed by atoms with van der Waals surface area (Å²) in [6.07, 6.45) is 1.78. The maximum atomic E-state index is 9.37. The van der Waals surface area contributed by atoms with Gasteiger partial charge < -0.3 is 19.8 Å². The van der Waals surface area contributed by atoms with E-state index in [0.717, 1.165) is 12.2 Å². The normalized spacial score (nSPS) is 8.77. The monoisotopic (exact) mass is 412 g/mol. The van der Waals surface area contributed by atoms with E-state index in [4.69, 9.17) is 0 Å². The van der Waals surface area contributed by atoms with Crippen LogP contribution in [0, 0.1) is 0 Å². The van der Waals surface area contributed by atoms with E-state index in [0.29, 0.717) is 0 Å². The molecule has 0 aromatic rings. The largest absolute Gasteiger partial charge is 2.00 e. The van der Waals surface area contributed by atoms with E-state index in [2.05, 4.69) is 31.9 Å². The first-order valence-corrected chi connectivity index (χ1v) is 4.33. The number of carbonyl (C=O) groups excluding carboxylic acids is 2. The minimum atomic E-state index is -1.19. The third-order valence-electron chi connectivity index (χ3n) is 0.398. The van der Waals surface area contributed by atoms with Crippen molar-refractivity contribution in [3.8, 4) is 0 Å². The van der Waals surface area contributed by atoms with E-state index in [1.165, 1.54) is 9.97 Å². The first kappa shape index (κ1) is 19.0. The van der Waals surface area contributed by atoms with Crippen molar-refractivity contribution in [3.05, 3.63) is 22.1 Å². The predicted molar refractivity (Wildman–Crippen MR) is 46.1 cm³/mol. The summed E-state index contributed by atoms with van der Waals surface area (Å²) in [5, 5.41) is 18.7. The van der Waals surface area contributed by atoms with Crippen molar-refractivity contribution in [3.63, 3.8) is 0 Å². The van der Waals surface area contributed by atoms with Crippen LogP contribution in [0.4, 0.5) is 0 Å². The van der Waals surface area contributed by atoms with Crippen LogP contribution < -0.4 is 10.2 Å². The molecule has 13 heavy (non-hydrogen) atoms. The minimum Gasteiger partial charge on any atom is -0.545 e. The van der Waals surface area contributed by atoms with Crippen LogP contribution in [-0.4, -0.2) is 11.9 Å². The van der Waals surface area contributed by atoms with Gasteiger partial charge >= 0.3 is 27.3 Å². The smallest absolute Gasteiger partial charge is 0.545 e. The first-order chi connectivity index (χ1) is 5.54. The molecule has 0 fully saturated rings. The number of carboxylic acid groups (broad SMARTS) is 2. The molecule has 0 saturated carbocycles. The summed E-state index contributed by atoms with van der Waals surface area (Å²) in [6, 6.07) is 0. The average molecular weight is 412 g/mol. The molecule has 0 saturated heterocycles. The van der Waals surface area contributed by atoms with Gasteiger partial charge in [-0.2, -0.15) is 0 Å². The molecule has 68 valence electrons. The van der Waals surface area contributed by atoms with Crippen LogP contribution in [0.15, 0.2) is 22.1 Å². The Morgan fingerprint density at radius 2 is 1.15 bits per heavy atom. The molecule has 0 bridgehead atoms. The summed E-state index contributed by atoms with van der Waals surface area (Å²) in [4.78, 5) is 21.2. The van der Waals surface area contributed by atoms with Crippen molar-refractivity contribution in [2.75, 3.05) is 0 Å². The van der Waals surface area contributed by atoms with Crippen LogP contribution in [0.1, 0.15) is 0 Å². The molecule has 0 amide bonds. The Morgan fingerprint density at radius 3 is 1.15 bits per heavy atom. The van der Waals surface area contributed by atoms with Gasteiger partial charge in [0, 0.05) is 0 Å². The van der Waals surface area contributed by atoms with Gasteiger partial charge in [-0.1, -0.05) is 31.9 Å². The van der Waals surface area contributed by atoms with Gasteiger partial charge in [-0.15, -0.1) is 0 Å².